The van der Waals surface area contributed by atoms with Crippen molar-refractivity contribution in [2.24, 2.45) is 0 Å². The minimum atomic E-state index is 1.11. The van der Waals surface area contributed by atoms with Gasteiger partial charge < -0.3 is 0 Å². The molecule has 16 aromatic carbocycles. The van der Waals surface area contributed by atoms with Gasteiger partial charge in [0.15, 0.2) is 0 Å². The van der Waals surface area contributed by atoms with Gasteiger partial charge in [-0.15, -0.1) is 0 Å². The van der Waals surface area contributed by atoms with Crippen molar-refractivity contribution in [3.05, 3.63) is 486 Å². The molecule has 0 fully saturated rings. The first kappa shape index (κ1) is 74.2. The summed E-state index contributed by atoms with van der Waals surface area (Å²) >= 11 is 0. The Morgan fingerprint density at radius 2 is 0.217 bits per heavy atom. The van der Waals surface area contributed by atoms with E-state index >= 15 is 0 Å². The van der Waals surface area contributed by atoms with Gasteiger partial charge in [0.05, 0.1) is 0 Å². The summed E-state index contributed by atoms with van der Waals surface area (Å²) in [6.45, 7) is 0. The predicted molar refractivity (Wildman–Crippen MR) is 502 cm³/mol. The van der Waals surface area contributed by atoms with Crippen molar-refractivity contribution < 1.29 is 0 Å². The van der Waals surface area contributed by atoms with Gasteiger partial charge in [0.25, 0.3) is 0 Å². The molecular weight excluding hydrogens is 1450 g/mol. The third-order valence-corrected chi connectivity index (χ3v) is 22.4. The molecule has 0 spiro atoms. The van der Waals surface area contributed by atoms with Crippen LogP contribution in [-0.4, -0.2) is 19.9 Å². The standard InChI is InChI=1S/2C58H40N2/c1-2-12-41(13-3-1)56-36-57(52-24-8-20-48(34-52)44-16-4-14-42(30-44)46-18-6-22-50(32-46)54-26-10-28-59-39-54)38-58(37-56)53-25-9-21-49(35-53)45-17-5-15-43(31-45)47-19-7-23-51(33-47)55-27-11-29-60-40-55;1-2-10-41(11-3-1)56-38-57(54-22-8-20-52(36-54)50-18-6-16-48(34-50)46-14-4-12-44(32-46)42-24-28-59-29-25-42)40-58(39-56)55-23-9-21-53(37-55)51-19-7-17-49(35-51)47-15-5-13-45(33-47)43-26-30-60-31-27-43/h2*1-40H. The van der Waals surface area contributed by atoms with Crippen LogP contribution in [0.3, 0.4) is 0 Å². The molecule has 0 atom stereocenters. The molecule has 0 unspecified atom stereocenters. The first-order valence-corrected chi connectivity index (χ1v) is 40.7. The number of benzene rings is 16. The van der Waals surface area contributed by atoms with Gasteiger partial charge in [-0.2, -0.15) is 0 Å². The van der Waals surface area contributed by atoms with Gasteiger partial charge in [-0.05, 0) is 335 Å². The van der Waals surface area contributed by atoms with E-state index in [0.29, 0.717) is 0 Å². The van der Waals surface area contributed by atoms with Crippen LogP contribution in [0.25, 0.3) is 200 Å². The van der Waals surface area contributed by atoms with E-state index in [2.05, 4.69) is 445 Å². The van der Waals surface area contributed by atoms with Crippen LogP contribution < -0.4 is 0 Å². The van der Waals surface area contributed by atoms with Crippen LogP contribution in [0.4, 0.5) is 0 Å². The molecule has 4 heteroatoms. The zero-order valence-corrected chi connectivity index (χ0v) is 66.0. The van der Waals surface area contributed by atoms with Crippen molar-refractivity contribution in [2.75, 3.05) is 0 Å². The van der Waals surface area contributed by atoms with Crippen LogP contribution in [-0.2, 0) is 0 Å². The van der Waals surface area contributed by atoms with Crippen molar-refractivity contribution in [1.29, 1.82) is 0 Å². The fourth-order valence-electron chi connectivity index (χ4n) is 16.2. The Morgan fingerprint density at radius 1 is 0.0833 bits per heavy atom. The molecule has 0 aliphatic carbocycles. The number of hydrogen-bond acceptors (Lipinski definition) is 4. The topological polar surface area (TPSA) is 51.6 Å². The molecule has 120 heavy (non-hydrogen) atoms. The molecule has 4 nitrogen and oxygen atoms in total. The highest BCUT2D eigenvalue weighted by Crippen LogP contribution is 2.42. The predicted octanol–water partition coefficient (Wildman–Crippen LogP) is 31.0. The Kier molecular flexibility index (Phi) is 21.4. The van der Waals surface area contributed by atoms with E-state index in [0.717, 1.165) is 33.4 Å². The molecule has 0 saturated heterocycles. The summed E-state index contributed by atoms with van der Waals surface area (Å²) in [5.41, 5.74) is 42.3. The Bertz CT molecular complexity index is 6210. The molecule has 0 amide bonds. The fraction of sp³-hybridized carbons (Fsp3) is 0. The van der Waals surface area contributed by atoms with E-state index in [1.54, 1.807) is 0 Å². The summed E-state index contributed by atoms with van der Waals surface area (Å²) in [5, 5.41) is 0. The van der Waals surface area contributed by atoms with Gasteiger partial charge >= 0.3 is 0 Å². The third kappa shape index (κ3) is 17.0. The lowest BCUT2D eigenvalue weighted by atomic mass is 9.90. The average Bonchev–Trinajstić information content (AvgIpc) is 0.799. The van der Waals surface area contributed by atoms with Crippen LogP contribution in [0.15, 0.2) is 486 Å². The lowest BCUT2D eigenvalue weighted by Gasteiger charge is -2.14. The SMILES string of the molecule is c1ccc(-c2cc(-c3cccc(-c4cccc(-c5cccc(-c6cccnc6)c5)c4)c3)cc(-c3cccc(-c4cccc(-c5cccc(-c6cccnc6)c5)c4)c3)c2)cc1.c1ccc(-c2cc(-c3cccc(-c4cccc(-c5cccc(-c6ccncc6)c5)c4)c3)cc(-c3cccc(-c4cccc(-c5cccc(-c6ccncc6)c5)c4)c3)c2)cc1. The first-order valence-electron chi connectivity index (χ1n) is 40.7. The summed E-state index contributed by atoms with van der Waals surface area (Å²) in [6.07, 6.45) is 14.8. The van der Waals surface area contributed by atoms with E-state index in [9.17, 15) is 0 Å². The average molecular weight is 1530 g/mol. The molecule has 564 valence electrons. The monoisotopic (exact) mass is 1530 g/mol. The third-order valence-electron chi connectivity index (χ3n) is 22.4. The van der Waals surface area contributed by atoms with Gasteiger partial charge in [0.1, 0.15) is 0 Å². The molecule has 20 aromatic rings. The molecule has 4 aromatic heterocycles. The highest BCUT2D eigenvalue weighted by atomic mass is 14.6. The van der Waals surface area contributed by atoms with E-state index in [1.165, 1.54) is 167 Å². The van der Waals surface area contributed by atoms with Gasteiger partial charge in [-0.25, -0.2) is 0 Å². The number of hydrogen-bond donors (Lipinski definition) is 0. The lowest BCUT2D eigenvalue weighted by Crippen LogP contribution is -1.88. The molecule has 0 bridgehead atoms. The van der Waals surface area contributed by atoms with E-state index in [4.69, 9.17) is 0 Å². The molecule has 0 N–H and O–H groups in total. The zero-order valence-electron chi connectivity index (χ0n) is 66.0. The molecule has 20 rings (SSSR count). The van der Waals surface area contributed by atoms with Crippen molar-refractivity contribution in [2.45, 2.75) is 0 Å². The molecule has 0 saturated carbocycles. The Morgan fingerprint density at radius 3 is 0.400 bits per heavy atom. The molecule has 4 heterocycles. The lowest BCUT2D eigenvalue weighted by molar-refractivity contribution is 1.33. The van der Waals surface area contributed by atoms with E-state index in [-0.39, 0.29) is 0 Å². The fourth-order valence-corrected chi connectivity index (χ4v) is 16.2. The molecule has 0 aliphatic heterocycles. The van der Waals surface area contributed by atoms with Crippen LogP contribution in [0, 0.1) is 0 Å². The number of aromatic nitrogens is 4. The summed E-state index contributed by atoms with van der Waals surface area (Å²) in [4.78, 5) is 17.1. The van der Waals surface area contributed by atoms with Gasteiger partial charge in [0, 0.05) is 60.7 Å². The summed E-state index contributed by atoms with van der Waals surface area (Å²) in [6, 6.07) is 158. The van der Waals surface area contributed by atoms with Crippen molar-refractivity contribution in [3.63, 3.8) is 0 Å². The quantitative estimate of drug-likeness (QED) is 0.0859. The largest absolute Gasteiger partial charge is 0.265 e. The zero-order chi connectivity index (χ0) is 80.2. The first-order chi connectivity index (χ1) is 59.4. The molecular formula is C116H80N4. The second-order valence-corrected chi connectivity index (χ2v) is 30.3. The Balaban J connectivity index is 0.000000159. The minimum Gasteiger partial charge on any atom is -0.265 e. The smallest absolute Gasteiger partial charge is 0.0346 e. The van der Waals surface area contributed by atoms with Crippen LogP contribution in [0.2, 0.25) is 0 Å². The second kappa shape index (κ2) is 34.7. The van der Waals surface area contributed by atoms with Gasteiger partial charge in [-0.3, -0.25) is 19.9 Å². The molecule has 0 radical (unpaired) electrons. The normalized spacial score (nSPS) is 11.0. The van der Waals surface area contributed by atoms with Gasteiger partial charge in [-0.1, -0.05) is 291 Å². The maximum Gasteiger partial charge on any atom is 0.0346 e. The number of rotatable bonds is 18. The minimum absolute atomic E-state index is 1.11. The maximum atomic E-state index is 4.33. The van der Waals surface area contributed by atoms with Crippen LogP contribution in [0.5, 0.6) is 0 Å². The summed E-state index contributed by atoms with van der Waals surface area (Å²) < 4.78 is 0. The Hall–Kier alpha value is -15.9. The summed E-state index contributed by atoms with van der Waals surface area (Å²) in [7, 11) is 0. The van der Waals surface area contributed by atoms with E-state index in [1.807, 2.05) is 61.7 Å². The molecule has 0 aliphatic rings. The van der Waals surface area contributed by atoms with Crippen molar-refractivity contribution >= 4 is 0 Å². The Labute approximate surface area is 701 Å². The second-order valence-electron chi connectivity index (χ2n) is 30.3. The van der Waals surface area contributed by atoms with Crippen LogP contribution in [0.1, 0.15) is 0 Å². The summed E-state index contributed by atoms with van der Waals surface area (Å²) in [5.74, 6) is 0. The van der Waals surface area contributed by atoms with Gasteiger partial charge in [0.2, 0.25) is 0 Å². The number of nitrogens with zero attached hydrogens (tertiary/aromatic N) is 4. The van der Waals surface area contributed by atoms with Crippen molar-refractivity contribution in [1.82, 2.24) is 19.9 Å². The van der Waals surface area contributed by atoms with E-state index < -0.39 is 0 Å². The highest BCUT2D eigenvalue weighted by molar-refractivity contribution is 5.90. The maximum absolute atomic E-state index is 4.33. The number of pyridine rings is 4. The van der Waals surface area contributed by atoms with Crippen molar-refractivity contribution in [3.8, 4) is 200 Å². The van der Waals surface area contributed by atoms with Crippen LogP contribution >= 0.6 is 0 Å². The highest BCUT2D eigenvalue weighted by Gasteiger charge is 2.17.